The van der Waals surface area contributed by atoms with Crippen LogP contribution in [-0.4, -0.2) is 11.9 Å². The van der Waals surface area contributed by atoms with E-state index in [1.54, 1.807) is 0 Å². The topological polar surface area (TPSA) is 29.1 Å². The Bertz CT molecular complexity index is 331. The van der Waals surface area contributed by atoms with Gasteiger partial charge in [-0.25, -0.2) is 0 Å². The van der Waals surface area contributed by atoms with Gasteiger partial charge >= 0.3 is 0 Å². The molecule has 1 aliphatic rings. The van der Waals surface area contributed by atoms with Gasteiger partial charge in [-0.2, -0.15) is 0 Å². The molecule has 1 aliphatic carbocycles. The first-order valence-corrected chi connectivity index (χ1v) is 11.3. The summed E-state index contributed by atoms with van der Waals surface area (Å²) in [7, 11) is 0. The maximum Gasteiger partial charge on any atom is 0.220 e. The molecular formula is C23H43NO. The van der Waals surface area contributed by atoms with E-state index in [2.05, 4.69) is 24.4 Å². The smallest absolute Gasteiger partial charge is 0.220 e. The van der Waals surface area contributed by atoms with Crippen LogP contribution in [-0.2, 0) is 4.79 Å². The normalized spacial score (nSPS) is 15.2. The highest BCUT2D eigenvalue weighted by Gasteiger charge is 2.16. The van der Waals surface area contributed by atoms with Crippen molar-refractivity contribution in [3.63, 3.8) is 0 Å². The van der Waals surface area contributed by atoms with Crippen molar-refractivity contribution in [2.75, 3.05) is 0 Å². The molecule has 0 heterocycles. The van der Waals surface area contributed by atoms with Crippen LogP contribution in [0.3, 0.4) is 0 Å². The lowest BCUT2D eigenvalue weighted by molar-refractivity contribution is -0.121. The van der Waals surface area contributed by atoms with Gasteiger partial charge in [0.05, 0.1) is 0 Å². The molecule has 0 aromatic rings. The Morgan fingerprint density at radius 2 is 1.32 bits per heavy atom. The van der Waals surface area contributed by atoms with E-state index in [0.29, 0.717) is 6.04 Å². The van der Waals surface area contributed by atoms with Crippen LogP contribution in [0.15, 0.2) is 12.2 Å². The number of carbonyl (C=O) groups is 1. The second-order valence-electron chi connectivity index (χ2n) is 7.88. The van der Waals surface area contributed by atoms with Crippen molar-refractivity contribution in [3.05, 3.63) is 12.2 Å². The first-order valence-electron chi connectivity index (χ1n) is 11.3. The minimum Gasteiger partial charge on any atom is -0.353 e. The standard InChI is InChI=1S/C23H43NO/c1-2-3-4-5-6-7-8-9-10-11-12-13-14-15-16-21-23(25)24-22-19-17-18-20-22/h9-10,22H,2-8,11-21H2,1H3,(H,24,25). The van der Waals surface area contributed by atoms with Gasteiger partial charge < -0.3 is 5.32 Å². The summed E-state index contributed by atoms with van der Waals surface area (Å²) in [6, 6.07) is 0.482. The number of nitrogens with one attached hydrogen (secondary N) is 1. The lowest BCUT2D eigenvalue weighted by Crippen LogP contribution is -2.32. The predicted molar refractivity (Wildman–Crippen MR) is 110 cm³/mol. The summed E-state index contributed by atoms with van der Waals surface area (Å²) in [5.41, 5.74) is 0. The van der Waals surface area contributed by atoms with Crippen molar-refractivity contribution < 1.29 is 4.79 Å². The molecule has 1 rings (SSSR count). The SMILES string of the molecule is CCCCCCCCC=CCCCCCCCC(=O)NC1CCCC1. The molecule has 0 spiro atoms. The maximum absolute atomic E-state index is 11.8. The molecule has 0 atom stereocenters. The molecule has 25 heavy (non-hydrogen) atoms. The molecule has 1 saturated carbocycles. The van der Waals surface area contributed by atoms with Gasteiger partial charge in [-0.05, 0) is 44.9 Å². The van der Waals surface area contributed by atoms with Crippen molar-refractivity contribution in [3.8, 4) is 0 Å². The third kappa shape index (κ3) is 14.1. The largest absolute Gasteiger partial charge is 0.353 e. The van der Waals surface area contributed by atoms with Gasteiger partial charge in [-0.1, -0.05) is 83.3 Å². The minimum absolute atomic E-state index is 0.282. The lowest BCUT2D eigenvalue weighted by Gasteiger charge is -2.11. The van der Waals surface area contributed by atoms with Crippen LogP contribution in [0.1, 0.15) is 122 Å². The van der Waals surface area contributed by atoms with E-state index in [1.165, 1.54) is 103 Å². The zero-order valence-corrected chi connectivity index (χ0v) is 16.9. The second-order valence-corrected chi connectivity index (χ2v) is 7.88. The van der Waals surface area contributed by atoms with Gasteiger partial charge in [0.2, 0.25) is 5.91 Å². The predicted octanol–water partition coefficient (Wildman–Crippen LogP) is 7.08. The molecule has 0 aromatic heterocycles. The molecule has 0 saturated heterocycles. The first-order chi connectivity index (χ1) is 12.3. The molecule has 0 radical (unpaired) electrons. The number of carbonyl (C=O) groups excluding carboxylic acids is 1. The Morgan fingerprint density at radius 3 is 1.92 bits per heavy atom. The summed E-state index contributed by atoms with van der Waals surface area (Å²) in [5.74, 6) is 0.282. The van der Waals surface area contributed by atoms with E-state index in [9.17, 15) is 4.79 Å². The molecule has 0 aromatic carbocycles. The van der Waals surface area contributed by atoms with Gasteiger partial charge in [-0.3, -0.25) is 4.79 Å². The van der Waals surface area contributed by atoms with E-state index in [-0.39, 0.29) is 5.91 Å². The molecule has 1 N–H and O–H groups in total. The zero-order chi connectivity index (χ0) is 18.0. The highest BCUT2D eigenvalue weighted by atomic mass is 16.1. The first kappa shape index (κ1) is 22.3. The summed E-state index contributed by atoms with van der Waals surface area (Å²) < 4.78 is 0. The van der Waals surface area contributed by atoms with Crippen LogP contribution in [0, 0.1) is 0 Å². The van der Waals surface area contributed by atoms with E-state index >= 15 is 0 Å². The van der Waals surface area contributed by atoms with Crippen molar-refractivity contribution >= 4 is 5.91 Å². The number of allylic oxidation sites excluding steroid dienone is 2. The fourth-order valence-electron chi connectivity index (χ4n) is 3.73. The van der Waals surface area contributed by atoms with Gasteiger partial charge in [0.25, 0.3) is 0 Å². The average Bonchev–Trinajstić information content (AvgIpc) is 3.11. The molecule has 0 bridgehead atoms. The fourth-order valence-corrected chi connectivity index (χ4v) is 3.73. The van der Waals surface area contributed by atoms with Crippen LogP contribution in [0.4, 0.5) is 0 Å². The number of amides is 1. The summed E-state index contributed by atoms with van der Waals surface area (Å²) in [4.78, 5) is 11.8. The van der Waals surface area contributed by atoms with E-state index in [0.717, 1.165) is 12.8 Å². The van der Waals surface area contributed by atoms with Crippen molar-refractivity contribution in [2.45, 2.75) is 129 Å². The summed E-state index contributed by atoms with van der Waals surface area (Å²) in [6.45, 7) is 2.27. The average molecular weight is 350 g/mol. The minimum atomic E-state index is 0.282. The van der Waals surface area contributed by atoms with Crippen LogP contribution in [0.2, 0.25) is 0 Å². The third-order valence-corrected chi connectivity index (χ3v) is 5.39. The molecule has 1 fully saturated rings. The van der Waals surface area contributed by atoms with Gasteiger partial charge in [-0.15, -0.1) is 0 Å². The Hall–Kier alpha value is -0.790. The van der Waals surface area contributed by atoms with E-state index in [4.69, 9.17) is 0 Å². The molecule has 2 heteroatoms. The molecule has 0 unspecified atom stereocenters. The van der Waals surface area contributed by atoms with Crippen LogP contribution in [0.25, 0.3) is 0 Å². The summed E-state index contributed by atoms with van der Waals surface area (Å²) in [6.07, 6.45) is 27.5. The number of hydrogen-bond donors (Lipinski definition) is 1. The molecule has 2 nitrogen and oxygen atoms in total. The van der Waals surface area contributed by atoms with Crippen LogP contribution >= 0.6 is 0 Å². The molecular weight excluding hydrogens is 306 g/mol. The highest BCUT2D eigenvalue weighted by molar-refractivity contribution is 5.76. The Labute approximate surface area is 157 Å². The second kappa shape index (κ2) is 16.7. The number of rotatable bonds is 16. The van der Waals surface area contributed by atoms with Crippen LogP contribution < -0.4 is 5.32 Å². The van der Waals surface area contributed by atoms with Crippen molar-refractivity contribution in [1.82, 2.24) is 5.32 Å². The van der Waals surface area contributed by atoms with Gasteiger partial charge in [0.15, 0.2) is 0 Å². The number of hydrogen-bond acceptors (Lipinski definition) is 1. The van der Waals surface area contributed by atoms with E-state index < -0.39 is 0 Å². The molecule has 0 aliphatic heterocycles. The summed E-state index contributed by atoms with van der Waals surface area (Å²) in [5, 5.41) is 3.18. The quantitative estimate of drug-likeness (QED) is 0.234. The van der Waals surface area contributed by atoms with Crippen molar-refractivity contribution in [1.29, 1.82) is 0 Å². The Morgan fingerprint density at radius 1 is 0.800 bits per heavy atom. The Kier molecular flexibility index (Phi) is 14.8. The van der Waals surface area contributed by atoms with Gasteiger partial charge in [0.1, 0.15) is 0 Å². The number of unbranched alkanes of at least 4 members (excludes halogenated alkanes) is 11. The molecule has 146 valence electrons. The maximum atomic E-state index is 11.8. The van der Waals surface area contributed by atoms with E-state index in [1.807, 2.05) is 0 Å². The zero-order valence-electron chi connectivity index (χ0n) is 16.9. The summed E-state index contributed by atoms with van der Waals surface area (Å²) >= 11 is 0. The fraction of sp³-hybridized carbons (Fsp3) is 0.870. The molecule has 1 amide bonds. The lowest BCUT2D eigenvalue weighted by atomic mass is 10.1. The van der Waals surface area contributed by atoms with Gasteiger partial charge in [0, 0.05) is 12.5 Å². The monoisotopic (exact) mass is 349 g/mol. The third-order valence-electron chi connectivity index (χ3n) is 5.39. The van der Waals surface area contributed by atoms with Crippen molar-refractivity contribution in [2.24, 2.45) is 0 Å². The highest BCUT2D eigenvalue weighted by Crippen LogP contribution is 2.18. The van der Waals surface area contributed by atoms with Crippen LogP contribution in [0.5, 0.6) is 0 Å². The Balaban J connectivity index is 1.76.